The number of esters is 2. The molecule has 0 saturated heterocycles. The number of unbranched alkanes of at least 4 members (excludes halogenated alkanes) is 32. The molecule has 0 atom stereocenters. The molecule has 0 saturated carbocycles. The van der Waals surface area contributed by atoms with Gasteiger partial charge < -0.3 is 9.47 Å². The van der Waals surface area contributed by atoms with E-state index in [1.54, 1.807) is 12.2 Å². The van der Waals surface area contributed by atoms with E-state index in [4.69, 9.17) is 9.47 Å². The first-order valence-corrected chi connectivity index (χ1v) is 25.5. The van der Waals surface area contributed by atoms with E-state index in [2.05, 4.69) is 13.8 Å². The van der Waals surface area contributed by atoms with Crippen molar-refractivity contribution in [2.75, 3.05) is 13.2 Å². The van der Waals surface area contributed by atoms with Crippen molar-refractivity contribution in [2.24, 2.45) is 0 Å². The average Bonchev–Trinajstić information content (AvgIpc) is 3.21. The van der Waals surface area contributed by atoms with Crippen LogP contribution >= 0.6 is 0 Å². The average molecular weight is 831 g/mol. The number of hydrogen-bond donors (Lipinski definition) is 1. The Labute approximate surface area is 356 Å². The molecule has 1 N–H and O–H groups in total. The molecule has 7 nitrogen and oxygen atoms in total. The molecule has 0 aliphatic heterocycles. The van der Waals surface area contributed by atoms with Gasteiger partial charge in [0.2, 0.25) is 0 Å². The third-order valence-electron chi connectivity index (χ3n) is 11.1. The predicted molar refractivity (Wildman–Crippen MR) is 243 cm³/mol. The molecular formula is C50H86O7S. The van der Waals surface area contributed by atoms with Crippen molar-refractivity contribution in [1.29, 1.82) is 0 Å². The lowest BCUT2D eigenvalue weighted by Crippen LogP contribution is -2.18. The zero-order valence-electron chi connectivity index (χ0n) is 37.3. The van der Waals surface area contributed by atoms with Gasteiger partial charge in [-0.3, -0.25) is 4.55 Å². The van der Waals surface area contributed by atoms with Gasteiger partial charge in [0.25, 0.3) is 10.1 Å². The second kappa shape index (κ2) is 38.7. The molecule has 0 bridgehead atoms. The largest absolute Gasteiger partial charge is 0.458 e. The molecule has 8 heteroatoms. The van der Waals surface area contributed by atoms with Crippen LogP contribution in [0.1, 0.15) is 253 Å². The fourth-order valence-electron chi connectivity index (χ4n) is 7.52. The highest BCUT2D eigenvalue weighted by molar-refractivity contribution is 7.86. The van der Waals surface area contributed by atoms with E-state index in [-0.39, 0.29) is 18.8 Å². The lowest BCUT2D eigenvalue weighted by molar-refractivity contribution is 0.0499. The molecule has 1 aromatic rings. The van der Waals surface area contributed by atoms with Gasteiger partial charge in [0, 0.05) is 0 Å². The summed E-state index contributed by atoms with van der Waals surface area (Å²) in [4.78, 5) is 25.3. The Morgan fingerprint density at radius 2 is 0.776 bits per heavy atom. The highest BCUT2D eigenvalue weighted by Crippen LogP contribution is 2.23. The van der Waals surface area contributed by atoms with E-state index < -0.39 is 32.5 Å². The molecule has 0 radical (unpaired) electrons. The van der Waals surface area contributed by atoms with Crippen molar-refractivity contribution in [3.05, 3.63) is 53.6 Å². The van der Waals surface area contributed by atoms with Crippen LogP contribution in [0.25, 0.3) is 0 Å². The van der Waals surface area contributed by atoms with Crippen LogP contribution in [-0.2, 0) is 19.6 Å². The molecule has 0 aliphatic carbocycles. The molecule has 0 spiro atoms. The third kappa shape index (κ3) is 30.6. The lowest BCUT2D eigenvalue weighted by Gasteiger charge is -2.11. The standard InChI is InChI=1S/C50H86O7S/c1-3-5-7-9-11-13-15-17-19-21-23-25-27-29-31-33-35-37-39-44-56-49(51)46-42-41-43-47(58(53,54)55)48(46)50(52)57-45-40-38-36-34-32-30-28-26-24-22-20-18-16-14-12-10-8-6-4-2/h37-43H,3-36,44-45H2,1-2H3,(H,53,54,55)/b39-37+,40-38+. The maximum absolute atomic E-state index is 13.0. The van der Waals surface area contributed by atoms with Gasteiger partial charge in [0.15, 0.2) is 0 Å². The highest BCUT2D eigenvalue weighted by atomic mass is 32.2. The first kappa shape index (κ1) is 53.6. The number of carbonyl (C=O) groups excluding carboxylic acids is 2. The number of allylic oxidation sites excluding steroid dienone is 2. The van der Waals surface area contributed by atoms with Gasteiger partial charge in [0.05, 0.1) is 11.1 Å². The summed E-state index contributed by atoms with van der Waals surface area (Å²) in [6.07, 6.45) is 51.6. The van der Waals surface area contributed by atoms with Crippen molar-refractivity contribution in [3.63, 3.8) is 0 Å². The topological polar surface area (TPSA) is 107 Å². The first-order valence-electron chi connectivity index (χ1n) is 24.1. The Balaban J connectivity index is 2.22. The monoisotopic (exact) mass is 831 g/mol. The Morgan fingerprint density at radius 1 is 0.466 bits per heavy atom. The zero-order chi connectivity index (χ0) is 42.2. The second-order valence-corrected chi connectivity index (χ2v) is 17.9. The lowest BCUT2D eigenvalue weighted by atomic mass is 10.0. The van der Waals surface area contributed by atoms with E-state index in [1.807, 2.05) is 12.2 Å². The summed E-state index contributed by atoms with van der Waals surface area (Å²) in [6, 6.07) is 3.68. The number of hydrogen-bond acceptors (Lipinski definition) is 6. The van der Waals surface area contributed by atoms with Crippen LogP contribution in [0, 0.1) is 0 Å². The van der Waals surface area contributed by atoms with Crippen LogP contribution in [0.15, 0.2) is 47.4 Å². The number of carbonyl (C=O) groups is 2. The van der Waals surface area contributed by atoms with E-state index in [1.165, 1.54) is 198 Å². The van der Waals surface area contributed by atoms with E-state index >= 15 is 0 Å². The fraction of sp³-hybridized carbons (Fsp3) is 0.760. The minimum absolute atomic E-state index is 0.00955. The molecule has 0 aliphatic rings. The Bertz CT molecular complexity index is 1300. The fourth-order valence-corrected chi connectivity index (χ4v) is 8.22. The molecule has 1 rings (SSSR count). The van der Waals surface area contributed by atoms with Gasteiger partial charge in [-0.25, -0.2) is 9.59 Å². The van der Waals surface area contributed by atoms with Crippen LogP contribution in [0.5, 0.6) is 0 Å². The van der Waals surface area contributed by atoms with Crippen molar-refractivity contribution in [2.45, 2.75) is 237 Å². The maximum atomic E-state index is 13.0. The molecule has 0 unspecified atom stereocenters. The SMILES string of the molecule is CCCCCCCCCCCCCCCCCC/C=C/COC(=O)c1cccc(S(=O)(=O)O)c1C(=O)OC/C=C/CCCCCCCCCCCCCCCCCC. The van der Waals surface area contributed by atoms with Crippen LogP contribution < -0.4 is 0 Å². The summed E-state index contributed by atoms with van der Waals surface area (Å²) < 4.78 is 44.7. The normalized spacial score (nSPS) is 11.9. The van der Waals surface area contributed by atoms with Gasteiger partial charge >= 0.3 is 11.9 Å². The summed E-state index contributed by atoms with van der Waals surface area (Å²) >= 11 is 0. The van der Waals surface area contributed by atoms with Gasteiger partial charge in [-0.15, -0.1) is 0 Å². The molecule has 1 aromatic carbocycles. The highest BCUT2D eigenvalue weighted by Gasteiger charge is 2.28. The minimum Gasteiger partial charge on any atom is -0.458 e. The maximum Gasteiger partial charge on any atom is 0.340 e. The predicted octanol–water partition coefficient (Wildman–Crippen LogP) is 15.7. The van der Waals surface area contributed by atoms with Gasteiger partial charge in [-0.2, -0.15) is 8.42 Å². The summed E-state index contributed by atoms with van der Waals surface area (Å²) in [5.74, 6) is -1.87. The molecule has 0 fully saturated rings. The Morgan fingerprint density at radius 3 is 1.10 bits per heavy atom. The van der Waals surface area contributed by atoms with Gasteiger partial charge in [-0.1, -0.05) is 237 Å². The first-order chi connectivity index (χ1) is 28.3. The third-order valence-corrected chi connectivity index (χ3v) is 12.0. The van der Waals surface area contributed by atoms with Crippen LogP contribution in [0.3, 0.4) is 0 Å². The van der Waals surface area contributed by atoms with Crippen molar-refractivity contribution in [3.8, 4) is 0 Å². The molecular weight excluding hydrogens is 745 g/mol. The zero-order valence-corrected chi connectivity index (χ0v) is 38.1. The number of benzene rings is 1. The van der Waals surface area contributed by atoms with Crippen molar-refractivity contribution < 1.29 is 32.0 Å². The van der Waals surface area contributed by atoms with Crippen LogP contribution in [0.4, 0.5) is 0 Å². The van der Waals surface area contributed by atoms with Gasteiger partial charge in [0.1, 0.15) is 18.1 Å². The summed E-state index contributed by atoms with van der Waals surface area (Å²) in [6.45, 7) is 4.45. The molecule has 0 amide bonds. The van der Waals surface area contributed by atoms with Gasteiger partial charge in [-0.05, 0) is 37.8 Å². The molecule has 0 heterocycles. The summed E-state index contributed by atoms with van der Waals surface area (Å²) in [7, 11) is -4.79. The number of rotatable bonds is 41. The van der Waals surface area contributed by atoms with E-state index in [0.717, 1.165) is 38.2 Å². The summed E-state index contributed by atoms with van der Waals surface area (Å²) in [5, 5.41) is 0. The molecule has 334 valence electrons. The molecule has 0 aromatic heterocycles. The van der Waals surface area contributed by atoms with E-state index in [0.29, 0.717) is 0 Å². The Hall–Kier alpha value is -2.45. The quantitative estimate of drug-likeness (QED) is 0.0303. The van der Waals surface area contributed by atoms with Crippen molar-refractivity contribution in [1.82, 2.24) is 0 Å². The van der Waals surface area contributed by atoms with Crippen LogP contribution in [-0.4, -0.2) is 38.1 Å². The minimum atomic E-state index is -4.79. The van der Waals surface area contributed by atoms with Crippen molar-refractivity contribution >= 4 is 22.1 Å². The van der Waals surface area contributed by atoms with Crippen LogP contribution in [0.2, 0.25) is 0 Å². The Kier molecular flexibility index (Phi) is 35.8. The second-order valence-electron chi connectivity index (χ2n) is 16.5. The molecule has 58 heavy (non-hydrogen) atoms. The van der Waals surface area contributed by atoms with E-state index in [9.17, 15) is 22.6 Å². The summed E-state index contributed by atoms with van der Waals surface area (Å²) in [5.41, 5.74) is -0.776. The smallest absolute Gasteiger partial charge is 0.340 e. The number of ether oxygens (including phenoxy) is 2.